The standard InChI is InChI=1S/C27H59N5O5/c1-23(33)18-29(11-10-28-8-6-7-9-28)12-13-30(19-24(2)34)14-15-31(20-25(3)35)16-17-32(21-26(4)36)22-27(5)37/h23-27,33-37H,6-22H2,1-5H3. The molecule has 1 aliphatic rings. The summed E-state index contributed by atoms with van der Waals surface area (Å²) in [5.41, 5.74) is 0. The molecule has 5 atom stereocenters. The predicted octanol–water partition coefficient (Wildman–Crippen LogP) is -0.806. The molecule has 0 radical (unpaired) electrons. The van der Waals surface area contributed by atoms with Gasteiger partial charge >= 0.3 is 0 Å². The Balaban J connectivity index is 2.68. The van der Waals surface area contributed by atoms with E-state index in [0.29, 0.717) is 39.3 Å². The zero-order valence-corrected chi connectivity index (χ0v) is 24.4. The molecule has 1 aliphatic heterocycles. The van der Waals surface area contributed by atoms with Crippen LogP contribution in [0.2, 0.25) is 0 Å². The number of rotatable bonds is 22. The molecule has 5 N–H and O–H groups in total. The van der Waals surface area contributed by atoms with Gasteiger partial charge in [0.1, 0.15) is 0 Å². The Hall–Kier alpha value is -0.400. The minimum Gasteiger partial charge on any atom is -0.392 e. The van der Waals surface area contributed by atoms with E-state index < -0.39 is 24.4 Å². The van der Waals surface area contributed by atoms with E-state index in [9.17, 15) is 25.5 Å². The first-order valence-corrected chi connectivity index (χ1v) is 14.5. The molecule has 0 aromatic heterocycles. The van der Waals surface area contributed by atoms with E-state index in [1.54, 1.807) is 20.8 Å². The molecule has 0 bridgehead atoms. The molecule has 1 rings (SSSR count). The van der Waals surface area contributed by atoms with Gasteiger partial charge in [-0.3, -0.25) is 19.6 Å². The summed E-state index contributed by atoms with van der Waals surface area (Å²) in [5, 5.41) is 49.9. The predicted molar refractivity (Wildman–Crippen MR) is 150 cm³/mol. The maximum Gasteiger partial charge on any atom is 0.0639 e. The monoisotopic (exact) mass is 533 g/mol. The van der Waals surface area contributed by atoms with Crippen molar-refractivity contribution in [1.82, 2.24) is 24.5 Å². The maximum absolute atomic E-state index is 10.1. The smallest absolute Gasteiger partial charge is 0.0639 e. The zero-order chi connectivity index (χ0) is 27.8. The summed E-state index contributed by atoms with van der Waals surface area (Å²) in [5.74, 6) is 0. The van der Waals surface area contributed by atoms with Gasteiger partial charge in [-0.15, -0.1) is 0 Å². The second kappa shape index (κ2) is 19.6. The molecule has 10 nitrogen and oxygen atoms in total. The van der Waals surface area contributed by atoms with E-state index in [1.165, 1.54) is 25.9 Å². The lowest BCUT2D eigenvalue weighted by atomic mass is 10.2. The summed E-state index contributed by atoms with van der Waals surface area (Å²) in [6.45, 7) is 20.6. The summed E-state index contributed by atoms with van der Waals surface area (Å²) in [6, 6.07) is 0. The quantitative estimate of drug-likeness (QED) is 0.121. The fourth-order valence-corrected chi connectivity index (χ4v) is 5.15. The highest BCUT2D eigenvalue weighted by atomic mass is 16.3. The molecule has 1 fully saturated rings. The van der Waals surface area contributed by atoms with Crippen molar-refractivity contribution < 1.29 is 25.5 Å². The number of aliphatic hydroxyl groups excluding tert-OH is 5. The van der Waals surface area contributed by atoms with Gasteiger partial charge in [0.2, 0.25) is 0 Å². The lowest BCUT2D eigenvalue weighted by Crippen LogP contribution is -2.47. The number of nitrogens with zero attached hydrogens (tertiary/aromatic N) is 5. The van der Waals surface area contributed by atoms with Crippen LogP contribution in [0.25, 0.3) is 0 Å². The highest BCUT2D eigenvalue weighted by molar-refractivity contribution is 4.74. The Bertz CT molecular complexity index is 537. The van der Waals surface area contributed by atoms with Crippen LogP contribution in [0, 0.1) is 0 Å². The molecule has 1 heterocycles. The molecule has 1 saturated heterocycles. The van der Waals surface area contributed by atoms with Gasteiger partial charge in [0.15, 0.2) is 0 Å². The Labute approximate surface area is 226 Å². The van der Waals surface area contributed by atoms with Crippen molar-refractivity contribution in [3.8, 4) is 0 Å². The van der Waals surface area contributed by atoms with Gasteiger partial charge in [-0.05, 0) is 60.5 Å². The normalized spacial score (nSPS) is 19.3. The first-order chi connectivity index (χ1) is 17.4. The fourth-order valence-electron chi connectivity index (χ4n) is 5.15. The molecule has 222 valence electrons. The van der Waals surface area contributed by atoms with Crippen LogP contribution in [0.3, 0.4) is 0 Å². The van der Waals surface area contributed by atoms with Crippen molar-refractivity contribution >= 4 is 0 Å². The Morgan fingerprint density at radius 1 is 0.459 bits per heavy atom. The van der Waals surface area contributed by atoms with Crippen LogP contribution in [0.15, 0.2) is 0 Å². The van der Waals surface area contributed by atoms with Crippen LogP contribution >= 0.6 is 0 Å². The summed E-state index contributed by atoms with van der Waals surface area (Å²) >= 11 is 0. The topological polar surface area (TPSA) is 117 Å². The molecule has 0 aromatic carbocycles. The van der Waals surface area contributed by atoms with Gasteiger partial charge in [0, 0.05) is 85.1 Å². The van der Waals surface area contributed by atoms with Crippen LogP contribution in [0.4, 0.5) is 0 Å². The van der Waals surface area contributed by atoms with Gasteiger partial charge in [0.25, 0.3) is 0 Å². The van der Waals surface area contributed by atoms with Gasteiger partial charge in [-0.25, -0.2) is 0 Å². The summed E-state index contributed by atoms with van der Waals surface area (Å²) in [4.78, 5) is 11.4. The molecule has 0 saturated carbocycles. The average Bonchev–Trinajstić information content (AvgIpc) is 3.28. The third-order valence-electron chi connectivity index (χ3n) is 6.74. The molecule has 37 heavy (non-hydrogen) atoms. The SMILES string of the molecule is CC(O)CN(CCN1CCCC1)CCN(CCN(CCN(CC(C)O)CC(C)O)CC(C)O)CC(C)O. The van der Waals surface area contributed by atoms with Crippen LogP contribution in [0.1, 0.15) is 47.5 Å². The van der Waals surface area contributed by atoms with Crippen molar-refractivity contribution in [2.75, 3.05) is 98.2 Å². The van der Waals surface area contributed by atoms with Gasteiger partial charge in [-0.2, -0.15) is 0 Å². The Morgan fingerprint density at radius 2 is 0.730 bits per heavy atom. The van der Waals surface area contributed by atoms with Crippen molar-refractivity contribution in [1.29, 1.82) is 0 Å². The Kier molecular flexibility index (Phi) is 18.4. The first-order valence-electron chi connectivity index (χ1n) is 14.5. The number of hydrogen-bond donors (Lipinski definition) is 5. The fraction of sp³-hybridized carbons (Fsp3) is 1.00. The highest BCUT2D eigenvalue weighted by Crippen LogP contribution is 2.07. The third-order valence-corrected chi connectivity index (χ3v) is 6.74. The van der Waals surface area contributed by atoms with E-state index in [-0.39, 0.29) is 6.10 Å². The molecule has 0 amide bonds. The molecule has 0 aromatic rings. The van der Waals surface area contributed by atoms with E-state index in [4.69, 9.17) is 0 Å². The third kappa shape index (κ3) is 18.5. The Morgan fingerprint density at radius 3 is 1.05 bits per heavy atom. The first kappa shape index (κ1) is 34.6. The molecule has 0 spiro atoms. The minimum atomic E-state index is -0.472. The van der Waals surface area contributed by atoms with Crippen molar-refractivity contribution in [3.05, 3.63) is 0 Å². The van der Waals surface area contributed by atoms with Crippen molar-refractivity contribution in [2.24, 2.45) is 0 Å². The summed E-state index contributed by atoms with van der Waals surface area (Å²) < 4.78 is 0. The van der Waals surface area contributed by atoms with Gasteiger partial charge < -0.3 is 30.4 Å². The maximum atomic E-state index is 10.1. The number of hydrogen-bond acceptors (Lipinski definition) is 10. The zero-order valence-electron chi connectivity index (χ0n) is 24.4. The summed E-state index contributed by atoms with van der Waals surface area (Å²) in [6.07, 6.45) is 0.332. The van der Waals surface area contributed by atoms with E-state index >= 15 is 0 Å². The minimum absolute atomic E-state index is 0.378. The van der Waals surface area contributed by atoms with E-state index in [2.05, 4.69) is 24.5 Å². The van der Waals surface area contributed by atoms with Crippen LogP contribution in [-0.2, 0) is 0 Å². The van der Waals surface area contributed by atoms with Crippen molar-refractivity contribution in [2.45, 2.75) is 78.0 Å². The van der Waals surface area contributed by atoms with Crippen LogP contribution in [-0.4, -0.2) is 179 Å². The highest BCUT2D eigenvalue weighted by Gasteiger charge is 2.19. The van der Waals surface area contributed by atoms with Crippen molar-refractivity contribution in [3.63, 3.8) is 0 Å². The summed E-state index contributed by atoms with van der Waals surface area (Å²) in [7, 11) is 0. The average molecular weight is 534 g/mol. The number of aliphatic hydroxyl groups is 5. The largest absolute Gasteiger partial charge is 0.392 e. The van der Waals surface area contributed by atoms with E-state index in [1.807, 2.05) is 13.8 Å². The lowest BCUT2D eigenvalue weighted by Gasteiger charge is -2.33. The molecular formula is C27H59N5O5. The second-order valence-corrected chi connectivity index (χ2v) is 11.5. The van der Waals surface area contributed by atoms with Gasteiger partial charge in [-0.1, -0.05) is 0 Å². The molecule has 10 heteroatoms. The second-order valence-electron chi connectivity index (χ2n) is 11.5. The molecular weight excluding hydrogens is 474 g/mol. The van der Waals surface area contributed by atoms with Gasteiger partial charge in [0.05, 0.1) is 30.5 Å². The molecule has 5 unspecified atom stereocenters. The molecule has 0 aliphatic carbocycles. The lowest BCUT2D eigenvalue weighted by molar-refractivity contribution is 0.0604. The van der Waals surface area contributed by atoms with Crippen LogP contribution in [0.5, 0.6) is 0 Å². The van der Waals surface area contributed by atoms with E-state index in [0.717, 1.165) is 45.8 Å². The van der Waals surface area contributed by atoms with Crippen LogP contribution < -0.4 is 0 Å². The number of likely N-dealkylation sites (tertiary alicyclic amines) is 1.